The Kier molecular flexibility index (Phi) is 7.44. The fourth-order valence-corrected chi connectivity index (χ4v) is 4.99. The molecule has 6 nitrogen and oxygen atoms in total. The quantitative estimate of drug-likeness (QED) is 0.644. The van der Waals surface area contributed by atoms with Crippen LogP contribution in [0.25, 0.3) is 0 Å². The summed E-state index contributed by atoms with van der Waals surface area (Å²) in [5.41, 5.74) is 0.847. The zero-order chi connectivity index (χ0) is 19.9. The Labute approximate surface area is 173 Å². The van der Waals surface area contributed by atoms with Crippen molar-refractivity contribution in [2.45, 2.75) is 54.9 Å². The zero-order valence-corrected chi connectivity index (χ0v) is 17.7. The van der Waals surface area contributed by atoms with Gasteiger partial charge in [-0.25, -0.2) is 0 Å². The molecule has 28 heavy (non-hydrogen) atoms. The van der Waals surface area contributed by atoms with E-state index in [-0.39, 0.29) is 22.8 Å². The highest BCUT2D eigenvalue weighted by Crippen LogP contribution is 2.38. The number of rotatable bonds is 8. The summed E-state index contributed by atoms with van der Waals surface area (Å²) in [7, 11) is 0. The summed E-state index contributed by atoms with van der Waals surface area (Å²) < 4.78 is 4.93. The predicted molar refractivity (Wildman–Crippen MR) is 115 cm³/mol. The van der Waals surface area contributed by atoms with Crippen LogP contribution >= 0.6 is 23.5 Å². The standard InChI is InChI=1S/C20H25N3O3S2/c1-13-11-18(23-26-13)22-20(25)14(2)27-12-19(24)21-16-9-5-6-10-17(16)28-15-7-3-4-8-15/h5-6,9-11,14-15H,3-4,7-8,12H2,1-2H3,(H,21,24)(H,22,23,25). The average molecular weight is 420 g/mol. The summed E-state index contributed by atoms with van der Waals surface area (Å²) in [5, 5.41) is 9.67. The maximum absolute atomic E-state index is 12.4. The van der Waals surface area contributed by atoms with Crippen LogP contribution < -0.4 is 10.6 Å². The minimum atomic E-state index is -0.383. The van der Waals surface area contributed by atoms with Crippen LogP contribution in [-0.4, -0.2) is 33.2 Å². The van der Waals surface area contributed by atoms with Crippen molar-refractivity contribution in [1.29, 1.82) is 0 Å². The summed E-state index contributed by atoms with van der Waals surface area (Å²) in [6.45, 7) is 3.53. The molecule has 3 rings (SSSR count). The first-order valence-corrected chi connectivity index (χ1v) is 11.4. The second-order valence-corrected chi connectivity index (χ2v) is 9.51. The van der Waals surface area contributed by atoms with Crippen molar-refractivity contribution in [3.8, 4) is 0 Å². The highest BCUT2D eigenvalue weighted by molar-refractivity contribution is 8.01. The fraction of sp³-hybridized carbons (Fsp3) is 0.450. The van der Waals surface area contributed by atoms with Crippen molar-refractivity contribution in [3.63, 3.8) is 0 Å². The first kappa shape index (κ1) is 20.8. The Morgan fingerprint density at radius 1 is 1.25 bits per heavy atom. The largest absolute Gasteiger partial charge is 0.360 e. The zero-order valence-electron chi connectivity index (χ0n) is 16.1. The average Bonchev–Trinajstić information content (AvgIpc) is 3.33. The lowest BCUT2D eigenvalue weighted by atomic mass is 10.3. The molecule has 1 aliphatic carbocycles. The van der Waals surface area contributed by atoms with Crippen molar-refractivity contribution in [2.24, 2.45) is 0 Å². The van der Waals surface area contributed by atoms with Crippen molar-refractivity contribution in [2.75, 3.05) is 16.4 Å². The number of thioether (sulfide) groups is 2. The molecule has 1 atom stereocenters. The van der Waals surface area contributed by atoms with Crippen LogP contribution in [0.3, 0.4) is 0 Å². The van der Waals surface area contributed by atoms with Crippen LogP contribution in [-0.2, 0) is 9.59 Å². The van der Waals surface area contributed by atoms with E-state index in [1.807, 2.05) is 30.0 Å². The number of nitrogens with zero attached hydrogens (tertiary/aromatic N) is 1. The third kappa shape index (κ3) is 6.04. The van der Waals surface area contributed by atoms with Crippen LogP contribution in [0.1, 0.15) is 38.4 Å². The second-order valence-electron chi connectivity index (χ2n) is 6.83. The molecule has 0 bridgehead atoms. The van der Waals surface area contributed by atoms with Crippen LogP contribution in [0.5, 0.6) is 0 Å². The lowest BCUT2D eigenvalue weighted by Gasteiger charge is -2.15. The van der Waals surface area contributed by atoms with E-state index in [1.165, 1.54) is 37.4 Å². The molecule has 8 heteroatoms. The van der Waals surface area contributed by atoms with E-state index >= 15 is 0 Å². The summed E-state index contributed by atoms with van der Waals surface area (Å²) in [4.78, 5) is 25.7. The fourth-order valence-electron chi connectivity index (χ4n) is 2.97. The highest BCUT2D eigenvalue weighted by Gasteiger charge is 2.19. The van der Waals surface area contributed by atoms with E-state index in [1.54, 1.807) is 19.9 Å². The summed E-state index contributed by atoms with van der Waals surface area (Å²) in [5.74, 6) is 0.903. The summed E-state index contributed by atoms with van der Waals surface area (Å²) in [6, 6.07) is 9.57. The maximum Gasteiger partial charge on any atom is 0.238 e. The number of benzene rings is 1. The van der Waals surface area contributed by atoms with Gasteiger partial charge < -0.3 is 15.2 Å². The van der Waals surface area contributed by atoms with Gasteiger partial charge in [-0.2, -0.15) is 0 Å². The Morgan fingerprint density at radius 2 is 2.00 bits per heavy atom. The topological polar surface area (TPSA) is 84.2 Å². The molecule has 2 N–H and O–H groups in total. The lowest BCUT2D eigenvalue weighted by Crippen LogP contribution is -2.25. The Balaban J connectivity index is 1.48. The third-order valence-corrected chi connectivity index (χ3v) is 7.03. The Morgan fingerprint density at radius 3 is 2.71 bits per heavy atom. The molecule has 1 unspecified atom stereocenters. The molecule has 2 amide bonds. The van der Waals surface area contributed by atoms with Gasteiger partial charge in [0.1, 0.15) is 5.76 Å². The number of hydrogen-bond acceptors (Lipinski definition) is 6. The molecule has 1 heterocycles. The Bertz CT molecular complexity index is 819. The van der Waals surface area contributed by atoms with Gasteiger partial charge in [0.25, 0.3) is 0 Å². The molecule has 1 aromatic heterocycles. The van der Waals surface area contributed by atoms with Gasteiger partial charge in [-0.15, -0.1) is 23.5 Å². The Hall–Kier alpha value is -1.93. The smallest absolute Gasteiger partial charge is 0.238 e. The highest BCUT2D eigenvalue weighted by atomic mass is 32.2. The van der Waals surface area contributed by atoms with Crippen LogP contribution in [0.2, 0.25) is 0 Å². The van der Waals surface area contributed by atoms with E-state index in [0.717, 1.165) is 10.6 Å². The van der Waals surface area contributed by atoms with E-state index < -0.39 is 0 Å². The second kappa shape index (κ2) is 10.0. The molecule has 0 saturated heterocycles. The maximum atomic E-state index is 12.4. The SMILES string of the molecule is Cc1cc(NC(=O)C(C)SCC(=O)Nc2ccccc2SC2CCCC2)no1. The predicted octanol–water partition coefficient (Wildman–Crippen LogP) is 4.72. The van der Waals surface area contributed by atoms with E-state index in [4.69, 9.17) is 4.52 Å². The molecule has 0 spiro atoms. The molecule has 1 aliphatic rings. The number of nitrogens with one attached hydrogen (secondary N) is 2. The first-order valence-electron chi connectivity index (χ1n) is 9.42. The summed E-state index contributed by atoms with van der Waals surface area (Å²) in [6.07, 6.45) is 5.05. The number of carbonyl (C=O) groups excluding carboxylic acids is 2. The van der Waals surface area contributed by atoms with Crippen LogP contribution in [0, 0.1) is 6.92 Å². The normalized spacial score (nSPS) is 15.4. The van der Waals surface area contributed by atoms with Crippen molar-refractivity contribution < 1.29 is 14.1 Å². The molecule has 1 aromatic carbocycles. The number of carbonyl (C=O) groups is 2. The van der Waals surface area contributed by atoms with Crippen molar-refractivity contribution in [1.82, 2.24) is 5.16 Å². The third-order valence-electron chi connectivity index (χ3n) is 4.47. The molecule has 2 aromatic rings. The van der Waals surface area contributed by atoms with Gasteiger partial charge in [-0.1, -0.05) is 30.1 Å². The molecule has 0 aliphatic heterocycles. The van der Waals surface area contributed by atoms with Crippen molar-refractivity contribution in [3.05, 3.63) is 36.1 Å². The van der Waals surface area contributed by atoms with E-state index in [9.17, 15) is 9.59 Å². The van der Waals surface area contributed by atoms with Gasteiger partial charge in [0.05, 0.1) is 16.7 Å². The monoisotopic (exact) mass is 419 g/mol. The molecule has 150 valence electrons. The van der Waals surface area contributed by atoms with Gasteiger partial charge in [-0.3, -0.25) is 9.59 Å². The van der Waals surface area contributed by atoms with Gasteiger partial charge in [0.2, 0.25) is 11.8 Å². The van der Waals surface area contributed by atoms with Gasteiger partial charge in [0.15, 0.2) is 5.82 Å². The molecular weight excluding hydrogens is 394 g/mol. The first-order chi connectivity index (χ1) is 13.5. The van der Waals surface area contributed by atoms with Gasteiger partial charge >= 0.3 is 0 Å². The lowest BCUT2D eigenvalue weighted by molar-refractivity contribution is -0.115. The van der Waals surface area contributed by atoms with E-state index in [0.29, 0.717) is 16.8 Å². The van der Waals surface area contributed by atoms with E-state index in [2.05, 4.69) is 21.9 Å². The molecular formula is C20H25N3O3S2. The minimum Gasteiger partial charge on any atom is -0.360 e. The number of amides is 2. The summed E-state index contributed by atoms with van der Waals surface area (Å²) >= 11 is 3.14. The number of aromatic nitrogens is 1. The molecule has 1 fully saturated rings. The molecule has 1 saturated carbocycles. The van der Waals surface area contributed by atoms with Crippen LogP contribution in [0.15, 0.2) is 39.8 Å². The minimum absolute atomic E-state index is 0.110. The number of aryl methyl sites for hydroxylation is 1. The van der Waals surface area contributed by atoms with Crippen LogP contribution in [0.4, 0.5) is 11.5 Å². The van der Waals surface area contributed by atoms with Gasteiger partial charge in [0, 0.05) is 16.2 Å². The van der Waals surface area contributed by atoms with Gasteiger partial charge in [-0.05, 0) is 38.8 Å². The number of hydrogen-bond donors (Lipinski definition) is 2. The van der Waals surface area contributed by atoms with Crippen molar-refractivity contribution >= 4 is 46.8 Å². The number of para-hydroxylation sites is 1. The number of anilines is 2. The molecule has 0 radical (unpaired) electrons.